The zero-order chi connectivity index (χ0) is 20.0. The lowest BCUT2D eigenvalue weighted by molar-refractivity contribution is -0.0495. The summed E-state index contributed by atoms with van der Waals surface area (Å²) in [6.07, 6.45) is 5.52. The summed E-state index contributed by atoms with van der Waals surface area (Å²) in [6.45, 7) is 29.4. The summed E-state index contributed by atoms with van der Waals surface area (Å²) in [5.41, 5.74) is 1.63. The molecule has 2 saturated heterocycles. The van der Waals surface area contributed by atoms with Crippen LogP contribution in [0.1, 0.15) is 94.9 Å². The predicted molar refractivity (Wildman–Crippen MR) is 116 cm³/mol. The first kappa shape index (κ1) is 22.2. The highest BCUT2D eigenvalue weighted by Crippen LogP contribution is 2.46. The van der Waals surface area contributed by atoms with Gasteiger partial charge in [0.05, 0.1) is 0 Å². The van der Waals surface area contributed by atoms with Crippen LogP contribution in [0, 0.1) is 22.7 Å². The fourth-order valence-electron chi connectivity index (χ4n) is 4.90. The normalized spacial score (nSPS) is 23.3. The summed E-state index contributed by atoms with van der Waals surface area (Å²) in [6, 6.07) is 0. The van der Waals surface area contributed by atoms with Crippen molar-refractivity contribution in [2.24, 2.45) is 22.7 Å². The summed E-state index contributed by atoms with van der Waals surface area (Å²) in [5.74, 6) is 1.77. The van der Waals surface area contributed by atoms with Crippen LogP contribution in [0.4, 0.5) is 0 Å². The van der Waals surface area contributed by atoms with Crippen LogP contribution in [0.3, 0.4) is 0 Å². The second-order valence-electron chi connectivity index (χ2n) is 12.7. The molecule has 0 aliphatic carbocycles. The molecule has 2 nitrogen and oxygen atoms in total. The summed E-state index contributed by atoms with van der Waals surface area (Å²) in [7, 11) is 0. The molecule has 2 fully saturated rings. The number of likely N-dealkylation sites (tertiary alicyclic amines) is 2. The van der Waals surface area contributed by atoms with Gasteiger partial charge in [0.1, 0.15) is 0 Å². The maximum atomic E-state index is 2.68. The molecule has 0 amide bonds. The number of hydrogen-bond acceptors (Lipinski definition) is 2. The summed E-state index contributed by atoms with van der Waals surface area (Å²) < 4.78 is 0. The Bertz CT molecular complexity index is 450. The van der Waals surface area contributed by atoms with Crippen molar-refractivity contribution in [1.29, 1.82) is 0 Å². The fourth-order valence-corrected chi connectivity index (χ4v) is 4.90. The molecular formula is C24H48N2. The van der Waals surface area contributed by atoms with Crippen molar-refractivity contribution in [2.75, 3.05) is 26.2 Å². The Hall–Kier alpha value is -0.0800. The fraction of sp³-hybridized carbons (Fsp3) is 1.00. The van der Waals surface area contributed by atoms with Gasteiger partial charge in [-0.05, 0) is 103 Å². The average molecular weight is 365 g/mol. The van der Waals surface area contributed by atoms with Gasteiger partial charge in [0, 0.05) is 24.2 Å². The van der Waals surface area contributed by atoms with Gasteiger partial charge in [-0.1, -0.05) is 27.7 Å². The van der Waals surface area contributed by atoms with E-state index in [9.17, 15) is 0 Å². The molecule has 0 aromatic carbocycles. The number of hydrogen-bond donors (Lipinski definition) is 0. The van der Waals surface area contributed by atoms with Gasteiger partial charge in [0.2, 0.25) is 0 Å². The molecule has 0 bridgehead atoms. The lowest BCUT2D eigenvalue weighted by Crippen LogP contribution is -2.59. The van der Waals surface area contributed by atoms with E-state index in [0.717, 1.165) is 11.8 Å². The minimum absolute atomic E-state index is 0.334. The molecule has 0 atom stereocenters. The lowest BCUT2D eigenvalue weighted by atomic mass is 9.64. The first-order valence-electron chi connectivity index (χ1n) is 11.1. The molecule has 0 radical (unpaired) electrons. The molecule has 2 aliphatic heterocycles. The van der Waals surface area contributed by atoms with Crippen molar-refractivity contribution >= 4 is 0 Å². The zero-order valence-corrected chi connectivity index (χ0v) is 19.7. The van der Waals surface area contributed by atoms with E-state index in [-0.39, 0.29) is 0 Å². The van der Waals surface area contributed by atoms with Crippen LogP contribution in [0.15, 0.2) is 0 Å². The van der Waals surface area contributed by atoms with Crippen molar-refractivity contribution in [3.63, 3.8) is 0 Å². The Morgan fingerprint density at radius 3 is 1.35 bits per heavy atom. The molecule has 0 saturated carbocycles. The van der Waals surface area contributed by atoms with E-state index in [2.05, 4.69) is 79.0 Å². The highest BCUT2D eigenvalue weighted by atomic mass is 15.2. The second kappa shape index (κ2) is 7.39. The van der Waals surface area contributed by atoms with E-state index in [0.29, 0.717) is 21.9 Å². The van der Waals surface area contributed by atoms with Crippen molar-refractivity contribution in [2.45, 2.75) is 106 Å². The standard InChI is InChI=1S/C24H48N2/c1-21(2,3)25-15-11-19(12-16-25)23(7,8)13-14-24(9,10)20-17-26(18-20)22(4,5)6/h19-20H,11-18H2,1-10H3. The van der Waals surface area contributed by atoms with Gasteiger partial charge in [-0.15, -0.1) is 0 Å². The Kier molecular flexibility index (Phi) is 6.31. The summed E-state index contributed by atoms with van der Waals surface area (Å²) >= 11 is 0. The molecule has 2 heteroatoms. The Morgan fingerprint density at radius 2 is 0.962 bits per heavy atom. The molecule has 0 aromatic rings. The Balaban J connectivity index is 1.82. The van der Waals surface area contributed by atoms with Crippen LogP contribution in [0.25, 0.3) is 0 Å². The molecule has 0 aromatic heterocycles. The molecular weight excluding hydrogens is 316 g/mol. The molecule has 2 rings (SSSR count). The second-order valence-corrected chi connectivity index (χ2v) is 12.7. The van der Waals surface area contributed by atoms with Crippen molar-refractivity contribution in [3.05, 3.63) is 0 Å². The Labute approximate surface area is 165 Å². The molecule has 0 unspecified atom stereocenters. The van der Waals surface area contributed by atoms with Crippen molar-refractivity contribution < 1.29 is 0 Å². The Morgan fingerprint density at radius 1 is 0.577 bits per heavy atom. The van der Waals surface area contributed by atoms with Crippen molar-refractivity contribution in [3.8, 4) is 0 Å². The third-order valence-corrected chi connectivity index (χ3v) is 7.90. The van der Waals surface area contributed by atoms with Crippen LogP contribution in [0.2, 0.25) is 0 Å². The molecule has 0 spiro atoms. The summed E-state index contributed by atoms with van der Waals surface area (Å²) in [5, 5.41) is 0. The topological polar surface area (TPSA) is 6.48 Å². The van der Waals surface area contributed by atoms with Gasteiger partial charge in [-0.25, -0.2) is 0 Å². The molecule has 26 heavy (non-hydrogen) atoms. The van der Waals surface area contributed by atoms with E-state index in [1.807, 2.05) is 0 Å². The maximum absolute atomic E-state index is 2.68. The molecule has 2 heterocycles. The van der Waals surface area contributed by atoms with Crippen LogP contribution < -0.4 is 0 Å². The maximum Gasteiger partial charge on any atom is 0.0125 e. The van der Waals surface area contributed by atoms with E-state index in [4.69, 9.17) is 0 Å². The van der Waals surface area contributed by atoms with E-state index in [1.54, 1.807) is 0 Å². The zero-order valence-electron chi connectivity index (χ0n) is 19.7. The quantitative estimate of drug-likeness (QED) is 0.585. The van der Waals surface area contributed by atoms with Gasteiger partial charge in [0.25, 0.3) is 0 Å². The molecule has 0 N–H and O–H groups in total. The van der Waals surface area contributed by atoms with Crippen LogP contribution >= 0.6 is 0 Å². The monoisotopic (exact) mass is 364 g/mol. The van der Waals surface area contributed by atoms with E-state index >= 15 is 0 Å². The molecule has 2 aliphatic rings. The lowest BCUT2D eigenvalue weighted by Gasteiger charge is -2.54. The van der Waals surface area contributed by atoms with Gasteiger partial charge in [0.15, 0.2) is 0 Å². The van der Waals surface area contributed by atoms with Gasteiger partial charge in [-0.2, -0.15) is 0 Å². The highest BCUT2D eigenvalue weighted by molar-refractivity contribution is 4.96. The number of rotatable bonds is 5. The number of nitrogens with zero attached hydrogens (tertiary/aromatic N) is 2. The van der Waals surface area contributed by atoms with Gasteiger partial charge in [-0.3, -0.25) is 9.80 Å². The van der Waals surface area contributed by atoms with Crippen LogP contribution in [0.5, 0.6) is 0 Å². The van der Waals surface area contributed by atoms with Gasteiger partial charge >= 0.3 is 0 Å². The molecule has 154 valence electrons. The first-order chi connectivity index (χ1) is 11.6. The SMILES string of the molecule is CC(C)(CCC(C)(C)C1CN(C(C)(C)C)C1)C1CCN(C(C)(C)C)CC1. The minimum atomic E-state index is 0.334. The number of piperidine rings is 1. The van der Waals surface area contributed by atoms with Crippen LogP contribution in [-0.2, 0) is 0 Å². The van der Waals surface area contributed by atoms with Crippen molar-refractivity contribution in [1.82, 2.24) is 9.80 Å². The predicted octanol–water partition coefficient (Wildman–Crippen LogP) is 6.06. The third-order valence-electron chi connectivity index (χ3n) is 7.90. The van der Waals surface area contributed by atoms with Crippen LogP contribution in [-0.4, -0.2) is 47.1 Å². The third kappa shape index (κ3) is 5.25. The highest BCUT2D eigenvalue weighted by Gasteiger charge is 2.43. The minimum Gasteiger partial charge on any atom is -0.298 e. The first-order valence-corrected chi connectivity index (χ1v) is 11.1. The summed E-state index contributed by atoms with van der Waals surface area (Å²) in [4.78, 5) is 5.33. The largest absolute Gasteiger partial charge is 0.298 e. The van der Waals surface area contributed by atoms with E-state index < -0.39 is 0 Å². The van der Waals surface area contributed by atoms with Gasteiger partial charge < -0.3 is 0 Å². The average Bonchev–Trinajstić information content (AvgIpc) is 2.41. The van der Waals surface area contributed by atoms with E-state index in [1.165, 1.54) is 51.9 Å². The smallest absolute Gasteiger partial charge is 0.0125 e.